The quantitative estimate of drug-likeness (QED) is 0.436. The van der Waals surface area contributed by atoms with Crippen LogP contribution >= 0.6 is 11.6 Å². The van der Waals surface area contributed by atoms with Crippen LogP contribution in [0.1, 0.15) is 32.2 Å². The monoisotopic (exact) mass is 412 g/mol. The maximum absolute atomic E-state index is 6.12. The Morgan fingerprint density at radius 1 is 1.14 bits per heavy atom. The Hall–Kier alpha value is -2.60. The van der Waals surface area contributed by atoms with Crippen molar-refractivity contribution in [2.45, 2.75) is 33.6 Å². The molecule has 0 atom stereocenters. The topological polar surface area (TPSA) is 66.6 Å². The van der Waals surface area contributed by atoms with Crippen molar-refractivity contribution in [1.29, 1.82) is 0 Å². The smallest absolute Gasteiger partial charge is 0.191 e. The van der Waals surface area contributed by atoms with Crippen molar-refractivity contribution in [2.75, 3.05) is 19.6 Å². The number of hydrogen-bond acceptors (Lipinski definition) is 3. The number of nitrogens with zero attached hydrogens (tertiary/aromatic N) is 4. The molecule has 3 rings (SSSR count). The van der Waals surface area contributed by atoms with E-state index in [0.717, 1.165) is 48.4 Å². The lowest BCUT2D eigenvalue weighted by molar-refractivity contribution is 0.377. The summed E-state index contributed by atoms with van der Waals surface area (Å²) in [7, 11) is 0. The number of hydrogen-bond donors (Lipinski definition) is 2. The Morgan fingerprint density at radius 3 is 2.79 bits per heavy atom. The predicted molar refractivity (Wildman–Crippen MR) is 120 cm³/mol. The van der Waals surface area contributed by atoms with Gasteiger partial charge in [0.05, 0.1) is 0 Å². The van der Waals surface area contributed by atoms with E-state index in [0.29, 0.717) is 6.54 Å². The molecule has 7 heteroatoms. The van der Waals surface area contributed by atoms with Crippen LogP contribution in [-0.4, -0.2) is 40.2 Å². The summed E-state index contributed by atoms with van der Waals surface area (Å²) < 4.78 is 2.01. The van der Waals surface area contributed by atoms with Crippen molar-refractivity contribution in [3.63, 3.8) is 0 Å². The molecule has 0 aliphatic heterocycles. The molecule has 0 fully saturated rings. The highest BCUT2D eigenvalue weighted by Gasteiger charge is 2.19. The summed E-state index contributed by atoms with van der Waals surface area (Å²) in [5.74, 6) is 1.76. The molecule has 0 radical (unpaired) electrons. The highest BCUT2D eigenvalue weighted by Crippen LogP contribution is 2.23. The zero-order valence-electron chi connectivity index (χ0n) is 17.3. The molecule has 3 aromatic rings. The summed E-state index contributed by atoms with van der Waals surface area (Å²) in [5, 5.41) is 16.0. The van der Waals surface area contributed by atoms with Gasteiger partial charge in [-0.05, 0) is 48.6 Å². The number of guanidine groups is 1. The number of aromatic nitrogens is 3. The molecule has 0 amide bonds. The fourth-order valence-electron chi connectivity index (χ4n) is 3.24. The zero-order valence-corrected chi connectivity index (χ0v) is 18.1. The number of fused-ring (bicyclic) bond motifs is 1. The molecular formula is C22H29ClN6. The van der Waals surface area contributed by atoms with Crippen LogP contribution in [0.5, 0.6) is 0 Å². The van der Waals surface area contributed by atoms with E-state index in [-0.39, 0.29) is 5.41 Å². The first-order valence-corrected chi connectivity index (χ1v) is 10.4. The Kier molecular flexibility index (Phi) is 7.09. The van der Waals surface area contributed by atoms with Crippen LogP contribution in [0.15, 0.2) is 53.7 Å². The van der Waals surface area contributed by atoms with Crippen LogP contribution in [0.25, 0.3) is 5.65 Å². The number of halogens is 1. The van der Waals surface area contributed by atoms with Gasteiger partial charge >= 0.3 is 0 Å². The van der Waals surface area contributed by atoms with Crippen LogP contribution in [0.4, 0.5) is 0 Å². The van der Waals surface area contributed by atoms with Gasteiger partial charge in [0.1, 0.15) is 5.82 Å². The van der Waals surface area contributed by atoms with Gasteiger partial charge in [-0.15, -0.1) is 10.2 Å². The third-order valence-corrected chi connectivity index (χ3v) is 4.84. The molecule has 0 saturated carbocycles. The molecule has 2 aromatic heterocycles. The van der Waals surface area contributed by atoms with Crippen LogP contribution in [0, 0.1) is 5.41 Å². The van der Waals surface area contributed by atoms with Gasteiger partial charge in [-0.25, -0.2) is 0 Å². The number of aliphatic imine (C=N–C) groups is 1. The molecule has 154 valence electrons. The fourth-order valence-corrected chi connectivity index (χ4v) is 3.46. The number of rotatable bonds is 8. The summed E-state index contributed by atoms with van der Waals surface area (Å²) in [6.45, 7) is 8.78. The average molecular weight is 413 g/mol. The summed E-state index contributed by atoms with van der Waals surface area (Å²) in [4.78, 5) is 4.80. The Morgan fingerprint density at radius 2 is 2.00 bits per heavy atom. The normalized spacial score (nSPS) is 12.3. The highest BCUT2D eigenvalue weighted by atomic mass is 35.5. The molecule has 6 nitrogen and oxygen atoms in total. The second kappa shape index (κ2) is 9.74. The fraction of sp³-hybridized carbons (Fsp3) is 0.409. The molecule has 2 N–H and O–H groups in total. The van der Waals surface area contributed by atoms with E-state index in [1.54, 1.807) is 0 Å². The van der Waals surface area contributed by atoms with Crippen molar-refractivity contribution >= 4 is 23.2 Å². The van der Waals surface area contributed by atoms with Crippen LogP contribution in [-0.2, 0) is 12.8 Å². The molecular weight excluding hydrogens is 384 g/mol. The summed E-state index contributed by atoms with van der Waals surface area (Å²) >= 11 is 6.12. The van der Waals surface area contributed by atoms with Crippen LogP contribution in [0.3, 0.4) is 0 Å². The van der Waals surface area contributed by atoms with E-state index in [1.807, 2.05) is 47.0 Å². The Balaban J connectivity index is 1.57. The Bertz CT molecular complexity index is 963. The largest absolute Gasteiger partial charge is 0.357 e. The maximum atomic E-state index is 6.12. The number of pyridine rings is 1. The lowest BCUT2D eigenvalue weighted by atomic mass is 9.86. The SMILES string of the molecule is CCNC(=NCC(C)(C)Cc1cccc(Cl)c1)NCCc1nnc2ccccn12. The van der Waals surface area contributed by atoms with Gasteiger partial charge in [-0.2, -0.15) is 0 Å². The van der Waals surface area contributed by atoms with Crippen molar-refractivity contribution in [3.05, 3.63) is 65.1 Å². The van der Waals surface area contributed by atoms with Crippen LogP contribution < -0.4 is 10.6 Å². The van der Waals surface area contributed by atoms with Gasteiger partial charge in [0, 0.05) is 37.3 Å². The molecule has 29 heavy (non-hydrogen) atoms. The predicted octanol–water partition coefficient (Wildman–Crippen LogP) is 3.75. The molecule has 0 aliphatic rings. The minimum Gasteiger partial charge on any atom is -0.357 e. The van der Waals surface area contributed by atoms with Gasteiger partial charge in [-0.1, -0.05) is 43.6 Å². The summed E-state index contributed by atoms with van der Waals surface area (Å²) in [5.41, 5.74) is 2.12. The van der Waals surface area contributed by atoms with Gasteiger partial charge in [0.2, 0.25) is 0 Å². The lowest BCUT2D eigenvalue weighted by Gasteiger charge is -2.23. The minimum absolute atomic E-state index is 0.0240. The first-order chi connectivity index (χ1) is 14.0. The standard InChI is InChI=1S/C22H29ClN6/c1-4-24-21(25-12-11-20-28-27-19-10-5-6-13-29(19)20)26-16-22(2,3)15-17-8-7-9-18(23)14-17/h5-10,13-14H,4,11-12,15-16H2,1-3H3,(H2,24,25,26). The maximum Gasteiger partial charge on any atom is 0.191 e. The van der Waals surface area contributed by atoms with Gasteiger partial charge in [0.25, 0.3) is 0 Å². The van der Waals surface area contributed by atoms with E-state index < -0.39 is 0 Å². The van der Waals surface area contributed by atoms with E-state index >= 15 is 0 Å². The zero-order chi connectivity index (χ0) is 20.7. The minimum atomic E-state index is 0.0240. The van der Waals surface area contributed by atoms with Gasteiger partial charge in [-0.3, -0.25) is 9.39 Å². The second-order valence-corrected chi connectivity index (χ2v) is 8.32. The Labute approximate surface area is 177 Å². The molecule has 0 aliphatic carbocycles. The summed E-state index contributed by atoms with van der Waals surface area (Å²) in [6, 6.07) is 14.0. The molecule has 0 spiro atoms. The average Bonchev–Trinajstić information content (AvgIpc) is 3.09. The number of nitrogens with one attached hydrogen (secondary N) is 2. The third kappa shape index (κ3) is 6.19. The van der Waals surface area contributed by atoms with E-state index in [4.69, 9.17) is 16.6 Å². The van der Waals surface area contributed by atoms with E-state index in [9.17, 15) is 0 Å². The first-order valence-electron chi connectivity index (χ1n) is 10.0. The summed E-state index contributed by atoms with van der Waals surface area (Å²) in [6.07, 6.45) is 3.67. The molecule has 2 heterocycles. The molecule has 0 saturated heterocycles. The highest BCUT2D eigenvalue weighted by molar-refractivity contribution is 6.30. The molecule has 1 aromatic carbocycles. The van der Waals surface area contributed by atoms with Crippen LogP contribution in [0.2, 0.25) is 5.02 Å². The third-order valence-electron chi connectivity index (χ3n) is 4.61. The second-order valence-electron chi connectivity index (χ2n) is 7.89. The van der Waals surface area contributed by atoms with Crippen molar-refractivity contribution in [1.82, 2.24) is 25.2 Å². The lowest BCUT2D eigenvalue weighted by Crippen LogP contribution is -2.39. The number of benzene rings is 1. The first kappa shape index (κ1) is 21.1. The van der Waals surface area contributed by atoms with Gasteiger partial charge in [0.15, 0.2) is 11.6 Å². The van der Waals surface area contributed by atoms with Crippen molar-refractivity contribution < 1.29 is 0 Å². The van der Waals surface area contributed by atoms with Crippen molar-refractivity contribution in [2.24, 2.45) is 10.4 Å². The van der Waals surface area contributed by atoms with Crippen molar-refractivity contribution in [3.8, 4) is 0 Å². The van der Waals surface area contributed by atoms with E-state index in [2.05, 4.69) is 47.7 Å². The molecule has 0 bridgehead atoms. The van der Waals surface area contributed by atoms with Gasteiger partial charge < -0.3 is 10.6 Å². The van der Waals surface area contributed by atoms with E-state index in [1.165, 1.54) is 5.56 Å². The molecule has 0 unspecified atom stereocenters.